The molecule has 0 bridgehead atoms. The summed E-state index contributed by atoms with van der Waals surface area (Å²) in [6.07, 6.45) is -6.09. The second-order valence-corrected chi connectivity index (χ2v) is 6.17. The molecule has 1 atom stereocenters. The van der Waals surface area contributed by atoms with E-state index >= 15 is 0 Å². The second kappa shape index (κ2) is 5.56. The standard InChI is InChI=1S/C14H10F3N3O3S/c15-14(16,17)13(23,6-7-5-10(21)20-12(22)18-7)11-19-8-3-1-2-4-9(8)24-11/h1-5,23H,6H2,(H2,18,20,21,22)/t13-/m1/s1. The Balaban J connectivity index is 2.14. The van der Waals surface area contributed by atoms with Crippen LogP contribution in [0.3, 0.4) is 0 Å². The second-order valence-electron chi connectivity index (χ2n) is 5.13. The number of nitrogens with zero attached hydrogens (tertiary/aromatic N) is 1. The van der Waals surface area contributed by atoms with Gasteiger partial charge in [-0.05, 0) is 12.1 Å². The minimum Gasteiger partial charge on any atom is -0.374 e. The minimum absolute atomic E-state index is 0.319. The van der Waals surface area contributed by atoms with Crippen LogP contribution in [0, 0.1) is 0 Å². The van der Waals surface area contributed by atoms with Crippen LogP contribution in [0.4, 0.5) is 13.2 Å². The maximum Gasteiger partial charge on any atom is 0.424 e. The highest BCUT2D eigenvalue weighted by Gasteiger charge is 2.57. The van der Waals surface area contributed by atoms with Crippen molar-refractivity contribution < 1.29 is 18.3 Å². The number of rotatable bonds is 3. The zero-order valence-corrected chi connectivity index (χ0v) is 12.7. The molecular formula is C14H10F3N3O3S. The lowest BCUT2D eigenvalue weighted by molar-refractivity contribution is -0.266. The van der Waals surface area contributed by atoms with E-state index < -0.39 is 34.5 Å². The first-order valence-electron chi connectivity index (χ1n) is 6.67. The van der Waals surface area contributed by atoms with Crippen LogP contribution in [0.5, 0.6) is 0 Å². The number of benzene rings is 1. The highest BCUT2D eigenvalue weighted by atomic mass is 32.1. The molecule has 3 rings (SSSR count). The molecule has 0 unspecified atom stereocenters. The highest BCUT2D eigenvalue weighted by molar-refractivity contribution is 7.18. The normalized spacial score (nSPS) is 14.7. The van der Waals surface area contributed by atoms with Crippen molar-refractivity contribution in [3.05, 3.63) is 61.9 Å². The lowest BCUT2D eigenvalue weighted by Crippen LogP contribution is -2.45. The Kier molecular flexibility index (Phi) is 3.80. The fraction of sp³-hybridized carbons (Fsp3) is 0.214. The van der Waals surface area contributed by atoms with E-state index in [1.165, 1.54) is 6.07 Å². The van der Waals surface area contributed by atoms with Gasteiger partial charge in [0.1, 0.15) is 5.01 Å². The number of para-hydroxylation sites is 1. The molecule has 6 nitrogen and oxygen atoms in total. The van der Waals surface area contributed by atoms with Crippen LogP contribution in [0.1, 0.15) is 10.7 Å². The average Bonchev–Trinajstić information content (AvgIpc) is 2.89. The van der Waals surface area contributed by atoms with Crippen molar-refractivity contribution in [3.8, 4) is 0 Å². The maximum atomic E-state index is 13.5. The SMILES string of the molecule is O=c1cc(C[C@@](O)(c2nc3ccccc3s2)C(F)(F)F)[nH]c(=O)[nH]1. The average molecular weight is 357 g/mol. The van der Waals surface area contributed by atoms with Crippen molar-refractivity contribution >= 4 is 21.6 Å². The topological polar surface area (TPSA) is 98.8 Å². The lowest BCUT2D eigenvalue weighted by Gasteiger charge is -2.28. The number of hydrogen-bond donors (Lipinski definition) is 3. The molecule has 0 aliphatic rings. The van der Waals surface area contributed by atoms with Crippen molar-refractivity contribution in [1.82, 2.24) is 15.0 Å². The van der Waals surface area contributed by atoms with Crippen LogP contribution >= 0.6 is 11.3 Å². The van der Waals surface area contributed by atoms with Gasteiger partial charge in [0.25, 0.3) is 5.56 Å². The number of aromatic nitrogens is 3. The van der Waals surface area contributed by atoms with E-state index in [-0.39, 0.29) is 5.69 Å². The summed E-state index contributed by atoms with van der Waals surface area (Å²) in [5, 5.41) is 9.79. The van der Waals surface area contributed by atoms with Crippen LogP contribution < -0.4 is 11.2 Å². The molecule has 2 heterocycles. The molecule has 0 saturated heterocycles. The van der Waals surface area contributed by atoms with Gasteiger partial charge in [-0.1, -0.05) is 12.1 Å². The Morgan fingerprint density at radius 3 is 2.50 bits per heavy atom. The Hall–Kier alpha value is -2.46. The van der Waals surface area contributed by atoms with E-state index in [4.69, 9.17) is 0 Å². The molecule has 0 radical (unpaired) electrons. The van der Waals surface area contributed by atoms with Gasteiger partial charge in [-0.2, -0.15) is 13.2 Å². The Morgan fingerprint density at radius 1 is 1.17 bits per heavy atom. The number of alkyl halides is 3. The summed E-state index contributed by atoms with van der Waals surface area (Å²) in [6, 6.07) is 7.17. The Bertz CT molecular complexity index is 946. The predicted octanol–water partition coefficient (Wildman–Crippen LogP) is 1.67. The summed E-state index contributed by atoms with van der Waals surface area (Å²) in [7, 11) is 0. The number of hydrogen-bond acceptors (Lipinski definition) is 5. The molecule has 24 heavy (non-hydrogen) atoms. The molecule has 0 spiro atoms. The molecule has 0 amide bonds. The molecule has 2 aromatic heterocycles. The summed E-state index contributed by atoms with van der Waals surface area (Å²) in [4.78, 5) is 30.3. The highest BCUT2D eigenvalue weighted by Crippen LogP contribution is 2.43. The summed E-state index contributed by atoms with van der Waals surface area (Å²) in [5.74, 6) is 0. The van der Waals surface area contributed by atoms with E-state index in [1.807, 2.05) is 4.98 Å². The smallest absolute Gasteiger partial charge is 0.374 e. The van der Waals surface area contributed by atoms with E-state index in [0.29, 0.717) is 21.6 Å². The Labute approximate surface area is 135 Å². The third-order valence-corrected chi connectivity index (χ3v) is 4.57. The van der Waals surface area contributed by atoms with Gasteiger partial charge in [0.05, 0.1) is 10.2 Å². The fourth-order valence-electron chi connectivity index (χ4n) is 2.24. The number of H-pyrrole nitrogens is 2. The number of nitrogens with one attached hydrogen (secondary N) is 2. The first kappa shape index (κ1) is 16.4. The van der Waals surface area contributed by atoms with Crippen LogP contribution in [-0.2, 0) is 12.0 Å². The van der Waals surface area contributed by atoms with Crippen molar-refractivity contribution in [2.75, 3.05) is 0 Å². The summed E-state index contributed by atoms with van der Waals surface area (Å²) in [5.41, 5.74) is -5.16. The van der Waals surface area contributed by atoms with Gasteiger partial charge in [-0.15, -0.1) is 11.3 Å². The molecule has 10 heteroatoms. The predicted molar refractivity (Wildman–Crippen MR) is 81.0 cm³/mol. The van der Waals surface area contributed by atoms with Gasteiger partial charge in [0.2, 0.25) is 5.60 Å². The van der Waals surface area contributed by atoms with Crippen LogP contribution in [0.25, 0.3) is 10.2 Å². The number of aromatic amines is 2. The van der Waals surface area contributed by atoms with Crippen molar-refractivity contribution in [2.45, 2.75) is 18.2 Å². The monoisotopic (exact) mass is 357 g/mol. The largest absolute Gasteiger partial charge is 0.424 e. The maximum absolute atomic E-state index is 13.5. The number of thiazole rings is 1. The van der Waals surface area contributed by atoms with Gasteiger partial charge in [0, 0.05) is 18.2 Å². The van der Waals surface area contributed by atoms with Crippen molar-refractivity contribution in [1.29, 1.82) is 0 Å². The zero-order chi connectivity index (χ0) is 17.5. The first-order chi connectivity index (χ1) is 11.2. The molecule has 126 valence electrons. The van der Waals surface area contributed by atoms with E-state index in [0.717, 1.165) is 6.07 Å². The third kappa shape index (κ3) is 2.85. The summed E-state index contributed by atoms with van der Waals surface area (Å²) >= 11 is 0.700. The summed E-state index contributed by atoms with van der Waals surface area (Å²) < 4.78 is 41.1. The molecule has 1 aromatic carbocycles. The van der Waals surface area contributed by atoms with Crippen LogP contribution in [0.15, 0.2) is 39.9 Å². The minimum atomic E-state index is -5.06. The summed E-state index contributed by atoms with van der Waals surface area (Å²) in [6.45, 7) is 0. The van der Waals surface area contributed by atoms with E-state index in [2.05, 4.69) is 9.97 Å². The molecule has 0 saturated carbocycles. The molecule has 0 aliphatic carbocycles. The lowest BCUT2D eigenvalue weighted by atomic mass is 9.97. The van der Waals surface area contributed by atoms with E-state index in [1.54, 1.807) is 18.2 Å². The number of aliphatic hydroxyl groups is 1. The molecule has 3 aromatic rings. The Morgan fingerprint density at radius 2 is 1.88 bits per heavy atom. The van der Waals surface area contributed by atoms with Gasteiger partial charge in [-0.25, -0.2) is 9.78 Å². The van der Waals surface area contributed by atoms with Crippen molar-refractivity contribution in [2.24, 2.45) is 0 Å². The molecule has 3 N–H and O–H groups in total. The quantitative estimate of drug-likeness (QED) is 0.664. The van der Waals surface area contributed by atoms with Gasteiger partial charge < -0.3 is 10.1 Å². The molecule has 0 aliphatic heterocycles. The van der Waals surface area contributed by atoms with Crippen LogP contribution in [0.2, 0.25) is 0 Å². The van der Waals surface area contributed by atoms with Gasteiger partial charge in [0.15, 0.2) is 0 Å². The number of halogens is 3. The number of fused-ring (bicyclic) bond motifs is 1. The zero-order valence-electron chi connectivity index (χ0n) is 11.8. The van der Waals surface area contributed by atoms with Crippen LogP contribution in [-0.4, -0.2) is 26.2 Å². The third-order valence-electron chi connectivity index (χ3n) is 3.38. The van der Waals surface area contributed by atoms with Gasteiger partial charge >= 0.3 is 11.9 Å². The first-order valence-corrected chi connectivity index (χ1v) is 7.48. The van der Waals surface area contributed by atoms with Gasteiger partial charge in [-0.3, -0.25) is 9.78 Å². The van der Waals surface area contributed by atoms with E-state index in [9.17, 15) is 27.9 Å². The molecular weight excluding hydrogens is 347 g/mol. The fourth-order valence-corrected chi connectivity index (χ4v) is 3.31. The van der Waals surface area contributed by atoms with Crippen molar-refractivity contribution in [3.63, 3.8) is 0 Å². The molecule has 0 fully saturated rings.